The van der Waals surface area contributed by atoms with Gasteiger partial charge in [-0.25, -0.2) is 12.7 Å². The Bertz CT molecular complexity index is 409. The van der Waals surface area contributed by atoms with Gasteiger partial charge in [0.25, 0.3) is 0 Å². The molecule has 20 heavy (non-hydrogen) atoms. The molecule has 0 radical (unpaired) electrons. The lowest BCUT2D eigenvalue weighted by Gasteiger charge is -2.24. The average Bonchev–Trinajstić information content (AvgIpc) is 2.92. The zero-order chi connectivity index (χ0) is 15.2. The molecule has 2 unspecified atom stereocenters. The van der Waals surface area contributed by atoms with E-state index >= 15 is 0 Å². The van der Waals surface area contributed by atoms with E-state index in [-0.39, 0.29) is 6.61 Å². The van der Waals surface area contributed by atoms with Gasteiger partial charge in [0, 0.05) is 20.2 Å². The normalized spacial score (nSPS) is 23.2. The molecule has 7 heteroatoms. The molecule has 2 atom stereocenters. The van der Waals surface area contributed by atoms with E-state index in [1.54, 1.807) is 7.05 Å². The van der Waals surface area contributed by atoms with E-state index in [1.807, 2.05) is 0 Å². The maximum atomic E-state index is 12.5. The van der Waals surface area contributed by atoms with Gasteiger partial charge in [0.05, 0.1) is 18.3 Å². The van der Waals surface area contributed by atoms with Crippen molar-refractivity contribution >= 4 is 16.0 Å². The Morgan fingerprint density at radius 2 is 2.00 bits per heavy atom. The molecule has 0 aromatic carbocycles. The highest BCUT2D eigenvalue weighted by atomic mass is 32.2. The number of unbranched alkanes of at least 4 members (excludes halogenated alkanes) is 2. The van der Waals surface area contributed by atoms with Gasteiger partial charge in [0.2, 0.25) is 10.0 Å². The summed E-state index contributed by atoms with van der Waals surface area (Å²) in [6.45, 7) is 0.552. The molecule has 0 aromatic rings. The van der Waals surface area contributed by atoms with Crippen molar-refractivity contribution < 1.29 is 23.1 Å². The Labute approximate surface area is 121 Å². The van der Waals surface area contributed by atoms with E-state index in [0.29, 0.717) is 32.2 Å². The van der Waals surface area contributed by atoms with Crippen LogP contribution in [0, 0.1) is 5.92 Å². The zero-order valence-electron chi connectivity index (χ0n) is 12.2. The fourth-order valence-electron chi connectivity index (χ4n) is 2.68. The predicted molar refractivity (Wildman–Crippen MR) is 75.6 cm³/mol. The lowest BCUT2D eigenvalue weighted by molar-refractivity contribution is -0.145. The Kier molecular flexibility index (Phi) is 6.91. The summed E-state index contributed by atoms with van der Waals surface area (Å²) in [5, 5.41) is 8.05. The highest BCUT2D eigenvalue weighted by Gasteiger charge is 2.43. The van der Waals surface area contributed by atoms with Crippen LogP contribution in [-0.4, -0.2) is 56.4 Å². The van der Waals surface area contributed by atoms with Crippen LogP contribution in [0.5, 0.6) is 0 Å². The standard InChI is InChI=1S/C13H25NO5S/c1-14(9-4-3-5-10-15)20(17,18)12-8-6-7-11(12)13(16)19-2/h11-12,15H,3-10H2,1-2H3. The topological polar surface area (TPSA) is 83.9 Å². The summed E-state index contributed by atoms with van der Waals surface area (Å²) in [5.41, 5.74) is 0. The minimum atomic E-state index is -3.46. The van der Waals surface area contributed by atoms with Gasteiger partial charge in [-0.1, -0.05) is 6.42 Å². The number of sulfonamides is 1. The monoisotopic (exact) mass is 307 g/mol. The molecule has 0 aliphatic heterocycles. The summed E-state index contributed by atoms with van der Waals surface area (Å²) in [6, 6.07) is 0. The minimum absolute atomic E-state index is 0.128. The van der Waals surface area contributed by atoms with Gasteiger partial charge in [0.15, 0.2) is 0 Å². The van der Waals surface area contributed by atoms with Crippen LogP contribution in [0.3, 0.4) is 0 Å². The second-order valence-electron chi connectivity index (χ2n) is 5.25. The van der Waals surface area contributed by atoms with Crippen LogP contribution in [0.15, 0.2) is 0 Å². The predicted octanol–water partition coefficient (Wildman–Crippen LogP) is 0.752. The van der Waals surface area contributed by atoms with Crippen molar-refractivity contribution in [2.45, 2.75) is 43.8 Å². The molecule has 1 N–H and O–H groups in total. The van der Waals surface area contributed by atoms with Crippen LogP contribution in [-0.2, 0) is 19.6 Å². The third-order valence-electron chi connectivity index (χ3n) is 3.90. The van der Waals surface area contributed by atoms with Gasteiger partial charge in [0.1, 0.15) is 0 Å². The summed E-state index contributed by atoms with van der Waals surface area (Å²) in [4.78, 5) is 11.7. The number of nitrogens with zero attached hydrogens (tertiary/aromatic N) is 1. The Morgan fingerprint density at radius 1 is 1.30 bits per heavy atom. The van der Waals surface area contributed by atoms with E-state index < -0.39 is 27.2 Å². The molecule has 0 aromatic heterocycles. The number of carbonyl (C=O) groups is 1. The van der Waals surface area contributed by atoms with Crippen molar-refractivity contribution in [2.24, 2.45) is 5.92 Å². The van der Waals surface area contributed by atoms with Crippen LogP contribution >= 0.6 is 0 Å². The first-order chi connectivity index (χ1) is 9.45. The van der Waals surface area contributed by atoms with Gasteiger partial charge in [-0.15, -0.1) is 0 Å². The summed E-state index contributed by atoms with van der Waals surface area (Å²) < 4.78 is 31.0. The van der Waals surface area contributed by atoms with Crippen molar-refractivity contribution in [1.82, 2.24) is 4.31 Å². The number of esters is 1. The highest BCUT2D eigenvalue weighted by Crippen LogP contribution is 2.33. The Balaban J connectivity index is 2.64. The smallest absolute Gasteiger partial charge is 0.310 e. The number of hydrogen-bond donors (Lipinski definition) is 1. The van der Waals surface area contributed by atoms with Gasteiger partial charge in [-0.05, 0) is 32.1 Å². The first-order valence-corrected chi connectivity index (χ1v) is 8.59. The van der Waals surface area contributed by atoms with E-state index in [9.17, 15) is 13.2 Å². The summed E-state index contributed by atoms with van der Waals surface area (Å²) in [6.07, 6.45) is 4.02. The number of hydrogen-bond acceptors (Lipinski definition) is 5. The van der Waals surface area contributed by atoms with Crippen molar-refractivity contribution in [1.29, 1.82) is 0 Å². The lowest BCUT2D eigenvalue weighted by Crippen LogP contribution is -2.41. The maximum absolute atomic E-state index is 12.5. The number of aliphatic hydroxyl groups is 1. The third-order valence-corrected chi connectivity index (χ3v) is 6.29. The molecule has 0 heterocycles. The highest BCUT2D eigenvalue weighted by molar-refractivity contribution is 7.89. The third kappa shape index (κ3) is 4.17. The molecule has 6 nitrogen and oxygen atoms in total. The maximum Gasteiger partial charge on any atom is 0.310 e. The molecule has 118 valence electrons. The average molecular weight is 307 g/mol. The molecule has 0 amide bonds. The summed E-state index contributed by atoms with van der Waals surface area (Å²) >= 11 is 0. The zero-order valence-corrected chi connectivity index (χ0v) is 13.1. The summed E-state index contributed by atoms with van der Waals surface area (Å²) in [5.74, 6) is -0.963. The second-order valence-corrected chi connectivity index (χ2v) is 7.51. The van der Waals surface area contributed by atoms with Gasteiger partial charge in [-0.3, -0.25) is 4.79 Å². The van der Waals surface area contributed by atoms with Crippen LogP contribution in [0.4, 0.5) is 0 Å². The Morgan fingerprint density at radius 3 is 2.60 bits per heavy atom. The molecule has 1 aliphatic carbocycles. The van der Waals surface area contributed by atoms with Crippen molar-refractivity contribution in [3.63, 3.8) is 0 Å². The molecule has 1 fully saturated rings. The molecular weight excluding hydrogens is 282 g/mol. The Hall–Kier alpha value is -0.660. The largest absolute Gasteiger partial charge is 0.469 e. The van der Waals surface area contributed by atoms with E-state index in [2.05, 4.69) is 0 Å². The van der Waals surface area contributed by atoms with E-state index in [0.717, 1.165) is 12.8 Å². The number of methoxy groups -OCH3 is 1. The molecule has 0 saturated heterocycles. The number of rotatable bonds is 8. The fourth-order valence-corrected chi connectivity index (χ4v) is 4.66. The number of aliphatic hydroxyl groups excluding tert-OH is 1. The first-order valence-electron chi connectivity index (χ1n) is 7.09. The van der Waals surface area contributed by atoms with Gasteiger partial charge >= 0.3 is 5.97 Å². The molecule has 1 rings (SSSR count). The van der Waals surface area contributed by atoms with Crippen molar-refractivity contribution in [3.05, 3.63) is 0 Å². The number of carbonyl (C=O) groups excluding carboxylic acids is 1. The first kappa shape index (κ1) is 17.4. The van der Waals surface area contributed by atoms with Crippen LogP contribution in [0.1, 0.15) is 38.5 Å². The van der Waals surface area contributed by atoms with Crippen LogP contribution < -0.4 is 0 Å². The molecular formula is C13H25NO5S. The molecule has 1 saturated carbocycles. The minimum Gasteiger partial charge on any atom is -0.469 e. The van der Waals surface area contributed by atoms with Gasteiger partial charge < -0.3 is 9.84 Å². The second kappa shape index (κ2) is 7.95. The van der Waals surface area contributed by atoms with E-state index in [1.165, 1.54) is 11.4 Å². The van der Waals surface area contributed by atoms with Crippen molar-refractivity contribution in [2.75, 3.05) is 27.3 Å². The number of ether oxygens (including phenoxy) is 1. The molecule has 0 spiro atoms. The summed E-state index contributed by atoms with van der Waals surface area (Å²) in [7, 11) is -0.609. The molecule has 0 bridgehead atoms. The van der Waals surface area contributed by atoms with E-state index in [4.69, 9.17) is 9.84 Å². The lowest BCUT2D eigenvalue weighted by atomic mass is 10.1. The van der Waals surface area contributed by atoms with Gasteiger partial charge in [-0.2, -0.15) is 0 Å². The van der Waals surface area contributed by atoms with Crippen molar-refractivity contribution in [3.8, 4) is 0 Å². The molecule has 1 aliphatic rings. The fraction of sp³-hybridized carbons (Fsp3) is 0.923. The van der Waals surface area contributed by atoms with Crippen LogP contribution in [0.25, 0.3) is 0 Å². The van der Waals surface area contributed by atoms with Crippen LogP contribution in [0.2, 0.25) is 0 Å². The SMILES string of the molecule is COC(=O)C1CCCC1S(=O)(=O)N(C)CCCCCO. The quantitative estimate of drug-likeness (QED) is 0.528.